The molecule has 0 bridgehead atoms. The van der Waals surface area contributed by atoms with E-state index < -0.39 is 25.7 Å². The summed E-state index contributed by atoms with van der Waals surface area (Å²) in [6, 6.07) is 9.11. The van der Waals surface area contributed by atoms with E-state index in [1.807, 2.05) is 30.3 Å². The summed E-state index contributed by atoms with van der Waals surface area (Å²) in [6.45, 7) is -4.69. The van der Waals surface area contributed by atoms with Crippen molar-refractivity contribution in [1.82, 2.24) is 4.90 Å². The number of anilines is 1. The molecule has 1 fully saturated rings. The van der Waals surface area contributed by atoms with Crippen LogP contribution in [0.1, 0.15) is 5.48 Å². The first-order chi connectivity index (χ1) is 9.76. The summed E-state index contributed by atoms with van der Waals surface area (Å²) >= 11 is 0. The molecule has 1 aromatic carbocycles. The van der Waals surface area contributed by atoms with E-state index in [2.05, 4.69) is 0 Å². The van der Waals surface area contributed by atoms with Crippen LogP contribution in [-0.4, -0.2) is 60.5 Å². The third-order valence-corrected chi connectivity index (χ3v) is 2.63. The Morgan fingerprint density at radius 2 is 1.88 bits per heavy atom. The van der Waals surface area contributed by atoms with Crippen LogP contribution < -0.4 is 4.90 Å². The Morgan fingerprint density at radius 1 is 1.24 bits per heavy atom. The molecule has 2 N–H and O–H groups in total. The van der Waals surface area contributed by atoms with E-state index in [0.29, 0.717) is 0 Å². The van der Waals surface area contributed by atoms with Crippen molar-refractivity contribution >= 4 is 5.69 Å². The first kappa shape index (κ1) is 8.08. The average molecular weight is 240 g/mol. The number of piperazine rings is 1. The SMILES string of the molecule is [2H]C1([2H])CN(c2ccccc2)CC([2H])([2H])N1C[C@@H](O)CO. The van der Waals surface area contributed by atoms with Crippen molar-refractivity contribution < 1.29 is 15.7 Å². The number of hydrogen-bond donors (Lipinski definition) is 2. The van der Waals surface area contributed by atoms with Gasteiger partial charge in [0.2, 0.25) is 0 Å². The number of para-hydroxylation sites is 1. The van der Waals surface area contributed by atoms with Crippen LogP contribution in [0, 0.1) is 0 Å². The third-order valence-electron chi connectivity index (χ3n) is 2.63. The van der Waals surface area contributed by atoms with Gasteiger partial charge < -0.3 is 15.1 Å². The van der Waals surface area contributed by atoms with Gasteiger partial charge in [0.1, 0.15) is 0 Å². The van der Waals surface area contributed by atoms with Gasteiger partial charge in [-0.25, -0.2) is 0 Å². The lowest BCUT2D eigenvalue weighted by atomic mass is 10.2. The smallest absolute Gasteiger partial charge is 0.0897 e. The van der Waals surface area contributed by atoms with Crippen molar-refractivity contribution in [3.05, 3.63) is 30.3 Å². The van der Waals surface area contributed by atoms with Gasteiger partial charge in [0.25, 0.3) is 0 Å². The molecule has 0 amide bonds. The van der Waals surface area contributed by atoms with Crippen LogP contribution in [0.2, 0.25) is 0 Å². The highest BCUT2D eigenvalue weighted by molar-refractivity contribution is 5.46. The molecule has 1 aliphatic rings. The van der Waals surface area contributed by atoms with Gasteiger partial charge >= 0.3 is 0 Å². The van der Waals surface area contributed by atoms with Crippen molar-refractivity contribution in [1.29, 1.82) is 0 Å². The molecular formula is C13H20N2O2. The number of aliphatic hydroxyl groups excluding tert-OH is 2. The van der Waals surface area contributed by atoms with Crippen LogP contribution in [0.25, 0.3) is 0 Å². The van der Waals surface area contributed by atoms with Crippen LogP contribution in [0.4, 0.5) is 5.69 Å². The lowest BCUT2D eigenvalue weighted by Gasteiger charge is -2.36. The van der Waals surface area contributed by atoms with Gasteiger partial charge in [0, 0.05) is 43.8 Å². The Hall–Kier alpha value is -1.10. The number of nitrogens with zero attached hydrogens (tertiary/aromatic N) is 2. The summed E-state index contributed by atoms with van der Waals surface area (Å²) in [6.07, 6.45) is -1.17. The lowest BCUT2D eigenvalue weighted by molar-refractivity contribution is 0.0575. The summed E-state index contributed by atoms with van der Waals surface area (Å²) in [5, 5.41) is 18.4. The third kappa shape index (κ3) is 3.43. The molecule has 17 heavy (non-hydrogen) atoms. The Morgan fingerprint density at radius 3 is 2.47 bits per heavy atom. The van der Waals surface area contributed by atoms with E-state index >= 15 is 0 Å². The number of hydrogen-bond acceptors (Lipinski definition) is 4. The summed E-state index contributed by atoms with van der Waals surface area (Å²) < 4.78 is 32.4. The predicted molar refractivity (Wildman–Crippen MR) is 68.2 cm³/mol. The molecule has 1 aromatic rings. The molecule has 0 unspecified atom stereocenters. The highest BCUT2D eigenvalue weighted by Crippen LogP contribution is 2.15. The zero-order valence-corrected chi connectivity index (χ0v) is 9.58. The van der Waals surface area contributed by atoms with Crippen molar-refractivity contribution in [2.45, 2.75) is 6.10 Å². The van der Waals surface area contributed by atoms with Gasteiger partial charge in [0.05, 0.1) is 12.7 Å². The van der Waals surface area contributed by atoms with Gasteiger partial charge in [-0.2, -0.15) is 0 Å². The van der Waals surface area contributed by atoms with Gasteiger partial charge in [-0.3, -0.25) is 4.90 Å². The van der Waals surface area contributed by atoms with Crippen LogP contribution in [0.5, 0.6) is 0 Å². The fraction of sp³-hybridized carbons (Fsp3) is 0.538. The standard InChI is InChI=1S/C13H20N2O2/c16-11-13(17)10-14-6-8-15(9-7-14)12-4-2-1-3-5-12/h1-5,13,16-17H,6-11H2/t13-/m1/s1/i6D2,7D2. The van der Waals surface area contributed by atoms with E-state index in [9.17, 15) is 5.11 Å². The van der Waals surface area contributed by atoms with E-state index in [4.69, 9.17) is 10.6 Å². The summed E-state index contributed by atoms with van der Waals surface area (Å²) in [4.78, 5) is 2.64. The number of rotatable bonds is 4. The van der Waals surface area contributed by atoms with Gasteiger partial charge in [0.15, 0.2) is 0 Å². The molecular weight excluding hydrogens is 216 g/mol. The molecule has 2 rings (SSSR count). The first-order valence-corrected chi connectivity index (χ1v) is 5.63. The topological polar surface area (TPSA) is 46.9 Å². The van der Waals surface area contributed by atoms with E-state index in [-0.39, 0.29) is 19.6 Å². The molecule has 1 atom stereocenters. The first-order valence-electron chi connectivity index (χ1n) is 7.63. The van der Waals surface area contributed by atoms with E-state index in [1.165, 1.54) is 0 Å². The number of β-amino-alcohol motifs (C(OH)–C–C–N with tert-alkyl or cyclic N) is 1. The zero-order valence-electron chi connectivity index (χ0n) is 13.6. The highest BCUT2D eigenvalue weighted by atomic mass is 16.3. The molecule has 4 nitrogen and oxygen atoms in total. The minimum Gasteiger partial charge on any atom is -0.394 e. The maximum absolute atomic E-state index is 9.52. The second-order valence-electron chi connectivity index (χ2n) is 3.95. The van der Waals surface area contributed by atoms with Gasteiger partial charge in [-0.05, 0) is 12.1 Å². The highest BCUT2D eigenvalue weighted by Gasteiger charge is 2.18. The maximum Gasteiger partial charge on any atom is 0.0897 e. The molecule has 0 saturated carbocycles. The molecule has 0 aromatic heterocycles. The average Bonchev–Trinajstić information content (AvgIpc) is 2.42. The summed E-state index contributed by atoms with van der Waals surface area (Å²) in [5.74, 6) is 0. The minimum atomic E-state index is -1.95. The number of benzene rings is 1. The molecule has 4 heteroatoms. The molecule has 0 radical (unpaired) electrons. The zero-order chi connectivity index (χ0) is 15.7. The molecule has 0 aliphatic carbocycles. The Balaban J connectivity index is 2.23. The van der Waals surface area contributed by atoms with Crippen molar-refractivity contribution in [3.8, 4) is 0 Å². The van der Waals surface area contributed by atoms with Crippen molar-refractivity contribution in [3.63, 3.8) is 0 Å². The molecule has 1 saturated heterocycles. The van der Waals surface area contributed by atoms with Crippen molar-refractivity contribution in [2.24, 2.45) is 0 Å². The van der Waals surface area contributed by atoms with Gasteiger partial charge in [-0.15, -0.1) is 0 Å². The Bertz CT molecular complexity index is 454. The Kier molecular flexibility index (Phi) is 2.85. The maximum atomic E-state index is 9.52. The van der Waals surface area contributed by atoms with Crippen LogP contribution in [0.3, 0.4) is 0 Å². The van der Waals surface area contributed by atoms with Crippen LogP contribution in [-0.2, 0) is 0 Å². The van der Waals surface area contributed by atoms with Crippen LogP contribution in [0.15, 0.2) is 30.3 Å². The quantitative estimate of drug-likeness (QED) is 0.787. The lowest BCUT2D eigenvalue weighted by Crippen LogP contribution is -2.49. The second kappa shape index (κ2) is 6.00. The van der Waals surface area contributed by atoms with Crippen LogP contribution >= 0.6 is 0 Å². The molecule has 94 valence electrons. The fourth-order valence-electron chi connectivity index (χ4n) is 1.67. The van der Waals surface area contributed by atoms with Gasteiger partial charge in [-0.1, -0.05) is 18.2 Å². The second-order valence-corrected chi connectivity index (χ2v) is 3.95. The monoisotopic (exact) mass is 240 g/mol. The molecule has 0 spiro atoms. The summed E-state index contributed by atoms with van der Waals surface area (Å²) in [7, 11) is 0. The largest absolute Gasteiger partial charge is 0.394 e. The summed E-state index contributed by atoms with van der Waals surface area (Å²) in [5.41, 5.74) is 0.757. The number of aliphatic hydroxyl groups is 2. The van der Waals surface area contributed by atoms with Crippen molar-refractivity contribution in [2.75, 3.05) is 44.1 Å². The fourth-order valence-corrected chi connectivity index (χ4v) is 1.67. The predicted octanol–water partition coefficient (Wildman–Crippen LogP) is 0.162. The van der Waals surface area contributed by atoms with E-state index in [0.717, 1.165) is 10.6 Å². The normalized spacial score (nSPS) is 28.7. The minimum absolute atomic E-state index is 0.00529. The molecule has 1 aliphatic heterocycles. The molecule has 1 heterocycles. The van der Waals surface area contributed by atoms with E-state index in [1.54, 1.807) is 4.90 Å². The Labute approximate surface area is 108 Å².